The van der Waals surface area contributed by atoms with E-state index in [0.29, 0.717) is 6.42 Å². The smallest absolute Gasteiger partial charge is 0.221 e. The molecule has 4 heteroatoms. The maximum Gasteiger partial charge on any atom is 0.221 e. The summed E-state index contributed by atoms with van der Waals surface area (Å²) in [5.41, 5.74) is 0.171. The van der Waals surface area contributed by atoms with Gasteiger partial charge in [-0.15, -0.1) is 0 Å². The Morgan fingerprint density at radius 1 is 1.16 bits per heavy atom. The van der Waals surface area contributed by atoms with Crippen molar-refractivity contribution in [3.63, 3.8) is 0 Å². The normalized spacial score (nSPS) is 41.0. The fraction of sp³-hybridized carbons (Fsp3) is 0.867. The van der Waals surface area contributed by atoms with Gasteiger partial charge in [-0.3, -0.25) is 4.79 Å². The Kier molecular flexibility index (Phi) is 3.06. The molecular weight excluding hydrogens is 242 g/mol. The first-order valence-electron chi connectivity index (χ1n) is 7.46. The molecule has 4 nitrogen and oxygen atoms in total. The van der Waals surface area contributed by atoms with Crippen molar-refractivity contribution in [2.45, 2.75) is 57.9 Å². The van der Waals surface area contributed by atoms with Crippen LogP contribution in [0.4, 0.5) is 0 Å². The number of carboxylic acids is 1. The Balaban J connectivity index is 1.63. The maximum absolute atomic E-state index is 12.0. The van der Waals surface area contributed by atoms with Crippen molar-refractivity contribution in [1.29, 1.82) is 0 Å². The Bertz CT molecular complexity index is 369. The lowest BCUT2D eigenvalue weighted by molar-refractivity contribution is -0.307. The molecule has 0 heterocycles. The van der Waals surface area contributed by atoms with E-state index in [-0.39, 0.29) is 11.3 Å². The number of carbonyl (C=O) groups is 2. The van der Waals surface area contributed by atoms with Crippen LogP contribution in [-0.4, -0.2) is 17.9 Å². The minimum atomic E-state index is -1.21. The van der Waals surface area contributed by atoms with E-state index in [4.69, 9.17) is 0 Å². The highest BCUT2D eigenvalue weighted by Crippen LogP contribution is 2.61. The van der Waals surface area contributed by atoms with Crippen molar-refractivity contribution in [1.82, 2.24) is 5.32 Å². The fourth-order valence-electron chi connectivity index (χ4n) is 5.20. The third-order valence-corrected chi connectivity index (χ3v) is 5.43. The van der Waals surface area contributed by atoms with Crippen LogP contribution in [0, 0.1) is 23.2 Å². The Labute approximate surface area is 113 Å². The molecule has 0 aromatic heterocycles. The van der Waals surface area contributed by atoms with Crippen LogP contribution in [0.5, 0.6) is 0 Å². The van der Waals surface area contributed by atoms with Gasteiger partial charge < -0.3 is 15.2 Å². The number of hydrogen-bond acceptors (Lipinski definition) is 3. The molecule has 1 amide bonds. The summed E-state index contributed by atoms with van der Waals surface area (Å²) >= 11 is 0. The third-order valence-electron chi connectivity index (χ3n) is 5.43. The lowest BCUT2D eigenvalue weighted by atomic mass is 9.49. The molecule has 4 aliphatic rings. The highest BCUT2D eigenvalue weighted by atomic mass is 16.4. The van der Waals surface area contributed by atoms with E-state index < -0.39 is 12.0 Å². The van der Waals surface area contributed by atoms with Crippen molar-refractivity contribution in [2.75, 3.05) is 0 Å². The molecule has 4 saturated carbocycles. The van der Waals surface area contributed by atoms with E-state index in [9.17, 15) is 14.7 Å². The van der Waals surface area contributed by atoms with Gasteiger partial charge in [-0.2, -0.15) is 0 Å². The third kappa shape index (κ3) is 2.49. The molecule has 0 aromatic carbocycles. The first-order valence-corrected chi connectivity index (χ1v) is 7.46. The Morgan fingerprint density at radius 2 is 1.63 bits per heavy atom. The summed E-state index contributed by atoms with van der Waals surface area (Å²) in [5.74, 6) is 1.13. The predicted octanol–water partition coefficient (Wildman–Crippen LogP) is 0.847. The summed E-state index contributed by atoms with van der Waals surface area (Å²) in [7, 11) is 0. The molecule has 0 saturated heterocycles. The number of amides is 1. The lowest BCUT2D eigenvalue weighted by Gasteiger charge is -2.56. The Morgan fingerprint density at radius 3 is 2.05 bits per heavy atom. The van der Waals surface area contributed by atoms with Crippen LogP contribution in [0.15, 0.2) is 0 Å². The van der Waals surface area contributed by atoms with Gasteiger partial charge in [0.1, 0.15) is 0 Å². The van der Waals surface area contributed by atoms with Crippen molar-refractivity contribution < 1.29 is 14.7 Å². The SMILES string of the molecule is C[C@H](NC(=O)CC12CC3CC(CC(C3)C1)C2)C(=O)[O-]. The van der Waals surface area contributed by atoms with E-state index in [2.05, 4.69) is 5.32 Å². The summed E-state index contributed by atoms with van der Waals surface area (Å²) < 4.78 is 0. The van der Waals surface area contributed by atoms with Crippen LogP contribution in [0.25, 0.3) is 0 Å². The van der Waals surface area contributed by atoms with Gasteiger partial charge in [-0.1, -0.05) is 0 Å². The number of rotatable bonds is 4. The summed E-state index contributed by atoms with van der Waals surface area (Å²) in [6.07, 6.45) is 8.10. The molecule has 1 atom stereocenters. The predicted molar refractivity (Wildman–Crippen MR) is 67.8 cm³/mol. The Hall–Kier alpha value is -1.06. The van der Waals surface area contributed by atoms with Crippen molar-refractivity contribution in [3.8, 4) is 0 Å². The molecule has 0 radical (unpaired) electrons. The van der Waals surface area contributed by atoms with Gasteiger partial charge in [0.15, 0.2) is 0 Å². The van der Waals surface area contributed by atoms with Crippen LogP contribution in [-0.2, 0) is 9.59 Å². The molecule has 1 N–H and O–H groups in total. The highest BCUT2D eigenvalue weighted by molar-refractivity contribution is 5.82. The number of carboxylic acid groups (broad SMARTS) is 1. The minimum Gasteiger partial charge on any atom is -0.548 e. The molecule has 4 aliphatic carbocycles. The molecule has 0 unspecified atom stereocenters. The highest BCUT2D eigenvalue weighted by Gasteiger charge is 2.51. The molecule has 0 aliphatic heterocycles. The van der Waals surface area contributed by atoms with Gasteiger partial charge in [0, 0.05) is 6.42 Å². The van der Waals surface area contributed by atoms with Crippen LogP contribution in [0.1, 0.15) is 51.9 Å². The van der Waals surface area contributed by atoms with Gasteiger partial charge in [0.2, 0.25) is 5.91 Å². The monoisotopic (exact) mass is 264 g/mol. The summed E-state index contributed by atoms with van der Waals surface area (Å²) in [6, 6.07) is -0.888. The van der Waals surface area contributed by atoms with Crippen LogP contribution in [0.2, 0.25) is 0 Å². The van der Waals surface area contributed by atoms with Crippen LogP contribution >= 0.6 is 0 Å². The number of aliphatic carboxylic acids is 1. The average molecular weight is 264 g/mol. The first-order chi connectivity index (χ1) is 8.96. The summed E-state index contributed by atoms with van der Waals surface area (Å²) in [4.78, 5) is 22.7. The molecule has 19 heavy (non-hydrogen) atoms. The summed E-state index contributed by atoms with van der Waals surface area (Å²) in [6.45, 7) is 1.47. The molecule has 4 rings (SSSR count). The molecular formula is C15H22NO3-. The standard InChI is InChI=1S/C15H23NO3/c1-9(14(18)19)16-13(17)8-15-5-10-2-11(6-15)4-12(3-10)7-15/h9-12H,2-8H2,1H3,(H,16,17)(H,18,19)/p-1/t9-,10?,11?,12?,15?/m0/s1. The maximum atomic E-state index is 12.0. The molecule has 0 aromatic rings. The average Bonchev–Trinajstić information content (AvgIpc) is 2.25. The van der Waals surface area contributed by atoms with Gasteiger partial charge in [-0.05, 0) is 68.6 Å². The second-order valence-corrected chi connectivity index (χ2v) is 7.20. The van der Waals surface area contributed by atoms with Gasteiger partial charge in [0.05, 0.1) is 12.0 Å². The molecule has 106 valence electrons. The zero-order chi connectivity index (χ0) is 13.6. The summed E-state index contributed by atoms with van der Waals surface area (Å²) in [5, 5.41) is 13.2. The van der Waals surface area contributed by atoms with E-state index >= 15 is 0 Å². The topological polar surface area (TPSA) is 69.2 Å². The quantitative estimate of drug-likeness (QED) is 0.818. The van der Waals surface area contributed by atoms with Crippen molar-refractivity contribution in [3.05, 3.63) is 0 Å². The lowest BCUT2D eigenvalue weighted by Crippen LogP contribution is -2.50. The van der Waals surface area contributed by atoms with Gasteiger partial charge in [-0.25, -0.2) is 0 Å². The van der Waals surface area contributed by atoms with Crippen LogP contribution < -0.4 is 10.4 Å². The molecule has 4 fully saturated rings. The molecule has 4 bridgehead atoms. The zero-order valence-electron chi connectivity index (χ0n) is 11.5. The van der Waals surface area contributed by atoms with E-state index in [1.165, 1.54) is 45.4 Å². The van der Waals surface area contributed by atoms with E-state index in [1.54, 1.807) is 0 Å². The number of hydrogen-bond donors (Lipinski definition) is 1. The largest absolute Gasteiger partial charge is 0.548 e. The number of carbonyl (C=O) groups excluding carboxylic acids is 2. The van der Waals surface area contributed by atoms with Crippen molar-refractivity contribution >= 4 is 11.9 Å². The van der Waals surface area contributed by atoms with Crippen molar-refractivity contribution in [2.24, 2.45) is 23.2 Å². The zero-order valence-corrected chi connectivity index (χ0v) is 11.5. The second kappa shape index (κ2) is 4.50. The van der Waals surface area contributed by atoms with Gasteiger partial charge in [0.25, 0.3) is 0 Å². The second-order valence-electron chi connectivity index (χ2n) is 7.20. The first kappa shape index (κ1) is 12.9. The number of nitrogens with one attached hydrogen (secondary N) is 1. The van der Waals surface area contributed by atoms with Crippen LogP contribution in [0.3, 0.4) is 0 Å². The fourth-order valence-corrected chi connectivity index (χ4v) is 5.20. The molecule has 0 spiro atoms. The van der Waals surface area contributed by atoms with E-state index in [0.717, 1.165) is 17.8 Å². The van der Waals surface area contributed by atoms with E-state index in [1.807, 2.05) is 0 Å². The minimum absolute atomic E-state index is 0.112. The van der Waals surface area contributed by atoms with Gasteiger partial charge >= 0.3 is 0 Å².